The number of rotatable bonds is 4. The first-order chi connectivity index (χ1) is 10.1. The van der Waals surface area contributed by atoms with Crippen LogP contribution in [0.2, 0.25) is 0 Å². The summed E-state index contributed by atoms with van der Waals surface area (Å²) in [5, 5.41) is 3.45. The van der Waals surface area contributed by atoms with E-state index in [0.717, 1.165) is 28.9 Å². The molecule has 3 nitrogen and oxygen atoms in total. The molecule has 0 saturated heterocycles. The minimum absolute atomic E-state index is 0.197. The van der Waals surface area contributed by atoms with Gasteiger partial charge in [-0.25, -0.2) is 0 Å². The predicted octanol–water partition coefficient (Wildman–Crippen LogP) is 3.93. The molecule has 110 valence electrons. The number of hydrogen-bond acceptors (Lipinski definition) is 3. The number of nitrogens with one attached hydrogen (secondary N) is 1. The number of ether oxygens (including phenoxy) is 1. The summed E-state index contributed by atoms with van der Waals surface area (Å²) in [6.45, 7) is 0.813. The average molecular weight is 347 g/mol. The Morgan fingerprint density at radius 1 is 1.19 bits per heavy atom. The summed E-state index contributed by atoms with van der Waals surface area (Å²) >= 11 is 3.50. The Bertz CT molecular complexity index is 625. The second-order valence-electron chi connectivity index (χ2n) is 5.52. The lowest BCUT2D eigenvalue weighted by Crippen LogP contribution is -2.23. The van der Waals surface area contributed by atoms with Crippen LogP contribution in [0.15, 0.2) is 46.9 Å². The molecule has 0 bridgehead atoms. The van der Waals surface area contributed by atoms with Crippen molar-refractivity contribution in [3.63, 3.8) is 0 Å². The maximum atomic E-state index is 5.95. The molecule has 2 aromatic carbocycles. The van der Waals surface area contributed by atoms with Crippen LogP contribution in [0.25, 0.3) is 0 Å². The smallest absolute Gasteiger partial charge is 0.123 e. The molecular formula is C17H19BrN2O. The van der Waals surface area contributed by atoms with Gasteiger partial charge in [0.2, 0.25) is 0 Å². The summed E-state index contributed by atoms with van der Waals surface area (Å²) in [4.78, 5) is 2.10. The van der Waals surface area contributed by atoms with Crippen molar-refractivity contribution in [3.8, 4) is 5.75 Å². The van der Waals surface area contributed by atoms with Crippen molar-refractivity contribution in [2.75, 3.05) is 30.9 Å². The molecule has 4 heteroatoms. The Hall–Kier alpha value is -1.68. The summed E-state index contributed by atoms with van der Waals surface area (Å²) in [5.41, 5.74) is 3.61. The molecule has 1 aliphatic rings. The van der Waals surface area contributed by atoms with E-state index in [9.17, 15) is 0 Å². The predicted molar refractivity (Wildman–Crippen MR) is 91.5 cm³/mol. The highest BCUT2D eigenvalue weighted by atomic mass is 79.9. The van der Waals surface area contributed by atoms with Crippen LogP contribution in [0.4, 0.5) is 11.4 Å². The van der Waals surface area contributed by atoms with E-state index in [-0.39, 0.29) is 6.10 Å². The molecule has 1 unspecified atom stereocenters. The molecule has 0 radical (unpaired) electrons. The second kappa shape index (κ2) is 5.98. The number of nitrogens with zero attached hydrogens (tertiary/aromatic N) is 1. The van der Waals surface area contributed by atoms with E-state index in [4.69, 9.17) is 4.74 Å². The first-order valence-electron chi connectivity index (χ1n) is 7.08. The van der Waals surface area contributed by atoms with Gasteiger partial charge in [-0.15, -0.1) is 0 Å². The second-order valence-corrected chi connectivity index (χ2v) is 6.43. The fourth-order valence-electron chi connectivity index (χ4n) is 2.51. The van der Waals surface area contributed by atoms with Crippen LogP contribution in [-0.2, 0) is 6.42 Å². The molecule has 1 heterocycles. The van der Waals surface area contributed by atoms with Gasteiger partial charge in [0.25, 0.3) is 0 Å². The number of anilines is 2. The van der Waals surface area contributed by atoms with Crippen molar-refractivity contribution < 1.29 is 4.74 Å². The van der Waals surface area contributed by atoms with Gasteiger partial charge in [0, 0.05) is 36.4 Å². The highest BCUT2D eigenvalue weighted by molar-refractivity contribution is 9.10. The number of halogens is 1. The van der Waals surface area contributed by atoms with Gasteiger partial charge in [-0.05, 0) is 48.0 Å². The Morgan fingerprint density at radius 2 is 1.95 bits per heavy atom. The first kappa shape index (κ1) is 14.3. The Kier molecular flexibility index (Phi) is 4.06. The van der Waals surface area contributed by atoms with Gasteiger partial charge in [-0.2, -0.15) is 0 Å². The molecule has 1 N–H and O–H groups in total. The third kappa shape index (κ3) is 3.32. The molecule has 0 aliphatic carbocycles. The molecule has 1 aliphatic heterocycles. The zero-order valence-corrected chi connectivity index (χ0v) is 13.9. The third-order valence-corrected chi connectivity index (χ3v) is 4.17. The zero-order chi connectivity index (χ0) is 14.8. The van der Waals surface area contributed by atoms with Gasteiger partial charge < -0.3 is 15.0 Å². The molecule has 2 aromatic rings. The minimum atomic E-state index is 0.197. The van der Waals surface area contributed by atoms with E-state index in [1.807, 2.05) is 26.2 Å². The zero-order valence-electron chi connectivity index (χ0n) is 12.3. The average Bonchev–Trinajstić information content (AvgIpc) is 2.87. The Labute approximate surface area is 134 Å². The van der Waals surface area contributed by atoms with Crippen molar-refractivity contribution >= 4 is 27.3 Å². The third-order valence-electron chi connectivity index (χ3n) is 3.68. The van der Waals surface area contributed by atoms with E-state index in [1.54, 1.807) is 0 Å². The lowest BCUT2D eigenvalue weighted by Gasteiger charge is -2.15. The fraction of sp³-hybridized carbons (Fsp3) is 0.294. The van der Waals surface area contributed by atoms with Crippen LogP contribution < -0.4 is 15.0 Å². The lowest BCUT2D eigenvalue weighted by molar-refractivity contribution is 0.246. The molecule has 0 amide bonds. The Balaban J connectivity index is 1.57. The summed E-state index contributed by atoms with van der Waals surface area (Å²) in [6.07, 6.45) is 1.15. The fourth-order valence-corrected chi connectivity index (χ4v) is 2.92. The van der Waals surface area contributed by atoms with Crippen molar-refractivity contribution in [2.24, 2.45) is 0 Å². The quantitative estimate of drug-likeness (QED) is 0.907. The topological polar surface area (TPSA) is 24.5 Å². The normalized spacial score (nSPS) is 16.2. The summed E-state index contributed by atoms with van der Waals surface area (Å²) in [7, 11) is 4.09. The van der Waals surface area contributed by atoms with Gasteiger partial charge in [0.15, 0.2) is 0 Å². The maximum absolute atomic E-state index is 5.95. The molecular weight excluding hydrogens is 328 g/mol. The summed E-state index contributed by atoms with van der Waals surface area (Å²) < 4.78 is 7.06. The molecule has 0 spiro atoms. The summed E-state index contributed by atoms with van der Waals surface area (Å²) in [5.74, 6) is 1.01. The van der Waals surface area contributed by atoms with Crippen molar-refractivity contribution in [1.82, 2.24) is 0 Å². The van der Waals surface area contributed by atoms with Gasteiger partial charge in [-0.3, -0.25) is 0 Å². The van der Waals surface area contributed by atoms with Crippen molar-refractivity contribution in [3.05, 3.63) is 52.5 Å². The van der Waals surface area contributed by atoms with Crippen LogP contribution in [-0.4, -0.2) is 26.7 Å². The van der Waals surface area contributed by atoms with E-state index in [0.29, 0.717) is 0 Å². The van der Waals surface area contributed by atoms with Crippen molar-refractivity contribution in [2.45, 2.75) is 12.5 Å². The highest BCUT2D eigenvalue weighted by Gasteiger charge is 2.22. The van der Waals surface area contributed by atoms with Crippen LogP contribution >= 0.6 is 15.9 Å². The van der Waals surface area contributed by atoms with Crippen LogP contribution in [0.3, 0.4) is 0 Å². The van der Waals surface area contributed by atoms with Gasteiger partial charge in [-0.1, -0.05) is 15.9 Å². The van der Waals surface area contributed by atoms with Crippen LogP contribution in [0, 0.1) is 0 Å². The van der Waals surface area contributed by atoms with Crippen molar-refractivity contribution in [1.29, 1.82) is 0 Å². The monoisotopic (exact) mass is 346 g/mol. The molecule has 1 atom stereocenters. The molecule has 0 saturated carbocycles. The van der Waals surface area contributed by atoms with Crippen LogP contribution in [0.1, 0.15) is 5.56 Å². The van der Waals surface area contributed by atoms with E-state index >= 15 is 0 Å². The number of fused-ring (bicyclic) bond motifs is 1. The molecule has 21 heavy (non-hydrogen) atoms. The highest BCUT2D eigenvalue weighted by Crippen LogP contribution is 2.31. The standard InChI is InChI=1S/C17H19BrN2O/c1-20(2)15-6-4-14(5-7-15)19-11-16-10-12-9-13(18)3-8-17(12)21-16/h3-9,16,19H,10-11H2,1-2H3. The molecule has 0 aromatic heterocycles. The van der Waals surface area contributed by atoms with Gasteiger partial charge >= 0.3 is 0 Å². The van der Waals surface area contributed by atoms with E-state index in [2.05, 4.69) is 56.5 Å². The minimum Gasteiger partial charge on any atom is -0.488 e. The maximum Gasteiger partial charge on any atom is 0.123 e. The number of benzene rings is 2. The lowest BCUT2D eigenvalue weighted by atomic mass is 10.1. The van der Waals surface area contributed by atoms with Gasteiger partial charge in [0.1, 0.15) is 11.9 Å². The van der Waals surface area contributed by atoms with Gasteiger partial charge in [0.05, 0.1) is 6.54 Å². The Morgan fingerprint density at radius 3 is 2.67 bits per heavy atom. The van der Waals surface area contributed by atoms with E-state index in [1.165, 1.54) is 11.3 Å². The van der Waals surface area contributed by atoms with Crippen LogP contribution in [0.5, 0.6) is 5.75 Å². The van der Waals surface area contributed by atoms with E-state index < -0.39 is 0 Å². The largest absolute Gasteiger partial charge is 0.488 e. The molecule has 0 fully saturated rings. The molecule has 3 rings (SSSR count). The first-order valence-corrected chi connectivity index (χ1v) is 7.87. The summed E-state index contributed by atoms with van der Waals surface area (Å²) in [6, 6.07) is 14.6. The SMILES string of the molecule is CN(C)c1ccc(NCC2Cc3cc(Br)ccc3O2)cc1. The number of hydrogen-bond donors (Lipinski definition) is 1.